The molecule has 0 unspecified atom stereocenters. The molecule has 0 saturated carbocycles. The zero-order valence-corrected chi connectivity index (χ0v) is 16.8. The number of nitrogens with zero attached hydrogens (tertiary/aromatic N) is 2. The van der Waals surface area contributed by atoms with Gasteiger partial charge in [-0.3, -0.25) is 9.59 Å². The Kier molecular flexibility index (Phi) is 6.68. The zero-order valence-electron chi connectivity index (χ0n) is 15.3. The van der Waals surface area contributed by atoms with E-state index in [-0.39, 0.29) is 18.2 Å². The Balaban J connectivity index is 1.70. The highest BCUT2D eigenvalue weighted by Crippen LogP contribution is 2.25. The van der Waals surface area contributed by atoms with Gasteiger partial charge in [-0.1, -0.05) is 11.6 Å². The summed E-state index contributed by atoms with van der Waals surface area (Å²) in [6.07, 6.45) is 3.55. The van der Waals surface area contributed by atoms with E-state index >= 15 is 0 Å². The van der Waals surface area contributed by atoms with Crippen LogP contribution in [-0.2, 0) is 17.8 Å². The van der Waals surface area contributed by atoms with E-state index in [2.05, 4.69) is 15.6 Å². The third-order valence-electron chi connectivity index (χ3n) is 4.51. The lowest BCUT2D eigenvalue weighted by atomic mass is 10.1. The molecule has 1 fully saturated rings. The minimum Gasteiger partial charge on any atom is -0.379 e. The van der Waals surface area contributed by atoms with Gasteiger partial charge in [0.2, 0.25) is 5.91 Å². The lowest BCUT2D eigenvalue weighted by Gasteiger charge is -2.27. The summed E-state index contributed by atoms with van der Waals surface area (Å²) < 4.78 is 0. The largest absolute Gasteiger partial charge is 0.379 e. The van der Waals surface area contributed by atoms with Crippen molar-refractivity contribution >= 4 is 40.4 Å². The highest BCUT2D eigenvalue weighted by atomic mass is 35.5. The number of halogens is 1. The number of rotatable bonds is 6. The second-order valence-corrected chi connectivity index (χ2v) is 7.86. The van der Waals surface area contributed by atoms with Gasteiger partial charge >= 0.3 is 0 Å². The maximum atomic E-state index is 12.9. The van der Waals surface area contributed by atoms with Gasteiger partial charge < -0.3 is 15.5 Å². The number of likely N-dealkylation sites (N-methyl/N-ethyl adjacent to an activating group) is 1. The Morgan fingerprint density at radius 1 is 1.26 bits per heavy atom. The van der Waals surface area contributed by atoms with Crippen molar-refractivity contribution in [3.05, 3.63) is 44.9 Å². The first-order chi connectivity index (χ1) is 13.1. The molecule has 2 N–H and O–H groups in total. The molecule has 0 atom stereocenters. The number of nitrogens with one attached hydrogen (secondary N) is 2. The molecule has 1 aliphatic heterocycles. The van der Waals surface area contributed by atoms with Gasteiger partial charge in [0, 0.05) is 36.2 Å². The van der Waals surface area contributed by atoms with Crippen LogP contribution in [0.4, 0.5) is 5.69 Å². The van der Waals surface area contributed by atoms with E-state index in [1.807, 2.05) is 10.3 Å². The molecule has 1 saturated heterocycles. The highest BCUT2D eigenvalue weighted by Gasteiger charge is 2.21. The molecule has 8 heteroatoms. The predicted octanol–water partition coefficient (Wildman–Crippen LogP) is 3.32. The van der Waals surface area contributed by atoms with Crippen molar-refractivity contribution in [1.29, 1.82) is 0 Å². The molecule has 0 radical (unpaired) electrons. The first-order valence-corrected chi connectivity index (χ1v) is 10.3. The van der Waals surface area contributed by atoms with Gasteiger partial charge in [0.15, 0.2) is 0 Å². The molecule has 2 aromatic rings. The van der Waals surface area contributed by atoms with Gasteiger partial charge in [-0.25, -0.2) is 4.98 Å². The lowest BCUT2D eigenvalue weighted by molar-refractivity contribution is -0.119. The number of hydrogen-bond donors (Lipinski definition) is 2. The first kappa shape index (κ1) is 19.6. The predicted molar refractivity (Wildman–Crippen MR) is 108 cm³/mol. The fourth-order valence-electron chi connectivity index (χ4n) is 3.04. The van der Waals surface area contributed by atoms with Crippen LogP contribution in [0.1, 0.15) is 40.3 Å². The number of amides is 2. The molecule has 1 aromatic carbocycles. The molecule has 6 nitrogen and oxygen atoms in total. The molecule has 2 heterocycles. The minimum atomic E-state index is -0.0619. The average Bonchev–Trinajstić information content (AvgIpc) is 3.13. The van der Waals surface area contributed by atoms with Crippen molar-refractivity contribution in [3.63, 3.8) is 0 Å². The zero-order chi connectivity index (χ0) is 19.2. The molecular formula is C19H23ClN4O2S. The van der Waals surface area contributed by atoms with Crippen molar-refractivity contribution in [1.82, 2.24) is 15.2 Å². The van der Waals surface area contributed by atoms with Crippen LogP contribution in [-0.4, -0.2) is 41.8 Å². The maximum absolute atomic E-state index is 12.9. The molecule has 27 heavy (non-hydrogen) atoms. The number of benzene rings is 1. The number of hydrogen-bond acceptors (Lipinski definition) is 5. The van der Waals surface area contributed by atoms with Crippen LogP contribution in [0.3, 0.4) is 0 Å². The quantitative estimate of drug-likeness (QED) is 0.771. The van der Waals surface area contributed by atoms with Crippen LogP contribution in [0.15, 0.2) is 23.6 Å². The molecule has 0 aliphatic carbocycles. The third kappa shape index (κ3) is 5.20. The van der Waals surface area contributed by atoms with Crippen molar-refractivity contribution in [2.24, 2.45) is 0 Å². The first-order valence-electron chi connectivity index (χ1n) is 9.03. The van der Waals surface area contributed by atoms with Crippen molar-refractivity contribution in [3.8, 4) is 0 Å². The molecule has 1 aromatic heterocycles. The number of aromatic nitrogens is 1. The van der Waals surface area contributed by atoms with E-state index in [9.17, 15) is 9.59 Å². The van der Waals surface area contributed by atoms with Gasteiger partial charge in [0.25, 0.3) is 5.91 Å². The third-order valence-corrected chi connectivity index (χ3v) is 5.64. The number of piperidine rings is 1. The Bertz CT molecular complexity index is 818. The van der Waals surface area contributed by atoms with Crippen LogP contribution >= 0.6 is 22.9 Å². The van der Waals surface area contributed by atoms with E-state index in [1.54, 1.807) is 25.2 Å². The molecule has 0 spiro atoms. The summed E-state index contributed by atoms with van der Waals surface area (Å²) >= 11 is 7.60. The van der Waals surface area contributed by atoms with Gasteiger partial charge in [0.05, 0.1) is 24.2 Å². The van der Waals surface area contributed by atoms with Crippen LogP contribution in [0.5, 0.6) is 0 Å². The van der Waals surface area contributed by atoms with Crippen molar-refractivity contribution in [2.75, 3.05) is 25.5 Å². The van der Waals surface area contributed by atoms with Crippen LogP contribution < -0.4 is 10.6 Å². The highest BCUT2D eigenvalue weighted by molar-refractivity contribution is 7.09. The topological polar surface area (TPSA) is 74.3 Å². The normalized spacial score (nSPS) is 14.1. The Morgan fingerprint density at radius 2 is 2.04 bits per heavy atom. The summed E-state index contributed by atoms with van der Waals surface area (Å²) in [5.41, 5.74) is 2.16. The van der Waals surface area contributed by atoms with Crippen LogP contribution in [0.2, 0.25) is 5.02 Å². The molecule has 0 bridgehead atoms. The molecule has 3 rings (SSSR count). The summed E-state index contributed by atoms with van der Waals surface area (Å²) in [7, 11) is 1.61. The molecular weight excluding hydrogens is 384 g/mol. The Morgan fingerprint density at radius 3 is 2.78 bits per heavy atom. The number of anilines is 1. The van der Waals surface area contributed by atoms with E-state index < -0.39 is 0 Å². The van der Waals surface area contributed by atoms with Gasteiger partial charge in [-0.2, -0.15) is 0 Å². The van der Waals surface area contributed by atoms with E-state index in [1.165, 1.54) is 17.8 Å². The fourth-order valence-corrected chi connectivity index (χ4v) is 4.00. The molecule has 1 aliphatic rings. The van der Waals surface area contributed by atoms with Crippen molar-refractivity contribution in [2.45, 2.75) is 32.2 Å². The average molecular weight is 407 g/mol. The summed E-state index contributed by atoms with van der Waals surface area (Å²) in [6.45, 7) is 2.07. The van der Waals surface area contributed by atoms with Crippen molar-refractivity contribution < 1.29 is 9.59 Å². The van der Waals surface area contributed by atoms with E-state index in [4.69, 9.17) is 11.6 Å². The fraction of sp³-hybridized carbons (Fsp3) is 0.421. The summed E-state index contributed by atoms with van der Waals surface area (Å²) in [4.78, 5) is 30.7. The SMILES string of the molecule is CNC(=O)Cc1nc(CNc2cc(Cl)ccc2C(=O)N2CCCCC2)cs1. The minimum absolute atomic E-state index is 0.0347. The van der Waals surface area contributed by atoms with Gasteiger partial charge in [0.1, 0.15) is 5.01 Å². The van der Waals surface area contributed by atoms with Gasteiger partial charge in [-0.15, -0.1) is 11.3 Å². The van der Waals surface area contributed by atoms with Gasteiger partial charge in [-0.05, 0) is 37.5 Å². The van der Waals surface area contributed by atoms with Crippen LogP contribution in [0.25, 0.3) is 0 Å². The number of thiazole rings is 1. The van der Waals surface area contributed by atoms with E-state index in [0.717, 1.165) is 36.6 Å². The summed E-state index contributed by atoms with van der Waals surface area (Å²) in [6, 6.07) is 5.30. The maximum Gasteiger partial charge on any atom is 0.255 e. The second kappa shape index (κ2) is 9.19. The van der Waals surface area contributed by atoms with E-state index in [0.29, 0.717) is 22.8 Å². The number of carbonyl (C=O) groups is 2. The summed E-state index contributed by atoms with van der Waals surface area (Å²) in [5.74, 6) is -0.0273. The summed E-state index contributed by atoms with van der Waals surface area (Å²) in [5, 5.41) is 9.14. The van der Waals surface area contributed by atoms with Crippen LogP contribution in [0, 0.1) is 0 Å². The number of likely N-dealkylation sites (tertiary alicyclic amines) is 1. The molecule has 144 valence electrons. The smallest absolute Gasteiger partial charge is 0.255 e. The number of carbonyl (C=O) groups excluding carboxylic acids is 2. The Labute approximate surface area is 167 Å². The standard InChI is InChI=1S/C19H23ClN4O2S/c1-21-17(25)10-18-23-14(12-27-18)11-22-16-9-13(20)5-6-15(16)19(26)24-7-3-2-4-8-24/h5-6,9,12,22H,2-4,7-8,10-11H2,1H3,(H,21,25). The lowest BCUT2D eigenvalue weighted by Crippen LogP contribution is -2.36. The monoisotopic (exact) mass is 406 g/mol. The Hall–Kier alpha value is -2.12. The molecule has 2 amide bonds. The second-order valence-electron chi connectivity index (χ2n) is 6.48.